The molecule has 1 heterocycles. The monoisotopic (exact) mass is 377 g/mol. The van der Waals surface area contributed by atoms with E-state index >= 15 is 0 Å². The maximum atomic E-state index is 4.21. The highest BCUT2D eigenvalue weighted by Crippen LogP contribution is 2.31. The number of nitrogens with one attached hydrogen (secondary N) is 2. The van der Waals surface area contributed by atoms with Gasteiger partial charge in [0, 0.05) is 39.1 Å². The van der Waals surface area contributed by atoms with Crippen LogP contribution in [0.25, 0.3) is 0 Å². The molecular weight excluding hydrogens is 353 g/mol. The van der Waals surface area contributed by atoms with Crippen LogP contribution >= 0.6 is 24.0 Å². The Labute approximate surface area is 132 Å². The molecule has 5 nitrogen and oxygen atoms in total. The molecule has 0 atom stereocenters. The minimum Gasteiger partial charge on any atom is -0.356 e. The van der Waals surface area contributed by atoms with E-state index < -0.39 is 0 Å². The molecule has 1 aliphatic rings. The zero-order valence-electron chi connectivity index (χ0n) is 11.5. The maximum absolute atomic E-state index is 4.21. The Morgan fingerprint density at radius 2 is 2.16 bits per heavy atom. The van der Waals surface area contributed by atoms with Gasteiger partial charge in [-0.15, -0.1) is 24.0 Å². The predicted molar refractivity (Wildman–Crippen MR) is 89.0 cm³/mol. The summed E-state index contributed by atoms with van der Waals surface area (Å²) < 4.78 is 1.95. The first-order valence-corrected chi connectivity index (χ1v) is 6.80. The molecule has 0 radical (unpaired) electrons. The van der Waals surface area contributed by atoms with Gasteiger partial charge in [0.05, 0.1) is 0 Å². The fourth-order valence-corrected chi connectivity index (χ4v) is 1.90. The molecule has 6 heteroatoms. The van der Waals surface area contributed by atoms with Crippen molar-refractivity contribution in [2.45, 2.75) is 32.2 Å². The second-order valence-electron chi connectivity index (χ2n) is 4.78. The van der Waals surface area contributed by atoms with Crippen LogP contribution in [0.3, 0.4) is 0 Å². The first-order valence-electron chi connectivity index (χ1n) is 6.80. The molecule has 0 unspecified atom stereocenters. The Bertz CT molecular complexity index is 359. The van der Waals surface area contributed by atoms with E-state index in [9.17, 15) is 0 Å². The van der Waals surface area contributed by atoms with Crippen LogP contribution in [0.4, 0.5) is 0 Å². The molecule has 2 rings (SSSR count). The number of aryl methyl sites for hydroxylation is 1. The zero-order valence-corrected chi connectivity index (χ0v) is 13.8. The van der Waals surface area contributed by atoms with Crippen molar-refractivity contribution in [2.75, 3.05) is 20.1 Å². The molecule has 0 aliphatic heterocycles. The molecule has 1 fully saturated rings. The van der Waals surface area contributed by atoms with Crippen molar-refractivity contribution in [1.82, 2.24) is 20.4 Å². The van der Waals surface area contributed by atoms with E-state index in [1.807, 2.05) is 30.2 Å². The number of guanidine groups is 1. The average molecular weight is 377 g/mol. The van der Waals surface area contributed by atoms with Gasteiger partial charge in [0.25, 0.3) is 0 Å². The van der Waals surface area contributed by atoms with Gasteiger partial charge in [-0.05, 0) is 24.8 Å². The summed E-state index contributed by atoms with van der Waals surface area (Å²) in [6.45, 7) is 2.89. The molecular formula is C13H24IN5. The van der Waals surface area contributed by atoms with E-state index in [1.165, 1.54) is 19.3 Å². The van der Waals surface area contributed by atoms with Crippen LogP contribution in [0.15, 0.2) is 23.5 Å². The summed E-state index contributed by atoms with van der Waals surface area (Å²) >= 11 is 0. The second-order valence-corrected chi connectivity index (χ2v) is 4.78. The normalized spacial score (nSPS) is 14.9. The molecule has 1 saturated carbocycles. The third-order valence-corrected chi connectivity index (χ3v) is 3.18. The van der Waals surface area contributed by atoms with E-state index in [0.29, 0.717) is 0 Å². The molecule has 0 spiro atoms. The molecule has 2 N–H and O–H groups in total. The third-order valence-electron chi connectivity index (χ3n) is 3.18. The number of hydrogen-bond acceptors (Lipinski definition) is 2. The number of rotatable bonds is 7. The SMILES string of the molecule is CN=C(NCCCn1cccn1)NCCC1CC1.I. The fourth-order valence-electron chi connectivity index (χ4n) is 1.90. The van der Waals surface area contributed by atoms with Crippen LogP contribution < -0.4 is 10.6 Å². The Morgan fingerprint density at radius 3 is 2.79 bits per heavy atom. The molecule has 108 valence electrons. The van der Waals surface area contributed by atoms with Crippen molar-refractivity contribution >= 4 is 29.9 Å². The largest absolute Gasteiger partial charge is 0.356 e. The zero-order chi connectivity index (χ0) is 12.6. The summed E-state index contributed by atoms with van der Waals surface area (Å²) in [5.41, 5.74) is 0. The van der Waals surface area contributed by atoms with Crippen LogP contribution in [0.5, 0.6) is 0 Å². The highest BCUT2D eigenvalue weighted by molar-refractivity contribution is 14.0. The highest BCUT2D eigenvalue weighted by Gasteiger charge is 2.20. The summed E-state index contributed by atoms with van der Waals surface area (Å²) in [5.74, 6) is 1.88. The second kappa shape index (κ2) is 9.17. The minimum atomic E-state index is 0. The Morgan fingerprint density at radius 1 is 1.37 bits per heavy atom. The Kier molecular flexibility index (Phi) is 7.85. The van der Waals surface area contributed by atoms with E-state index in [0.717, 1.165) is 37.9 Å². The lowest BCUT2D eigenvalue weighted by molar-refractivity contribution is 0.569. The lowest BCUT2D eigenvalue weighted by Crippen LogP contribution is -2.38. The smallest absolute Gasteiger partial charge is 0.190 e. The topological polar surface area (TPSA) is 54.2 Å². The van der Waals surface area contributed by atoms with Gasteiger partial charge in [-0.3, -0.25) is 9.67 Å². The lowest BCUT2D eigenvalue weighted by Gasteiger charge is -2.11. The average Bonchev–Trinajstić information content (AvgIpc) is 3.06. The van der Waals surface area contributed by atoms with Gasteiger partial charge >= 0.3 is 0 Å². The van der Waals surface area contributed by atoms with Crippen LogP contribution in [-0.4, -0.2) is 35.9 Å². The van der Waals surface area contributed by atoms with Crippen molar-refractivity contribution in [3.63, 3.8) is 0 Å². The quantitative estimate of drug-likeness (QED) is 0.330. The molecule has 0 aromatic carbocycles. The number of nitrogens with zero attached hydrogens (tertiary/aromatic N) is 3. The first kappa shape index (κ1) is 16.3. The molecule has 1 aliphatic carbocycles. The summed E-state index contributed by atoms with van der Waals surface area (Å²) in [7, 11) is 1.82. The van der Waals surface area contributed by atoms with Crippen LogP contribution in [0, 0.1) is 5.92 Å². The Hall–Kier alpha value is -0.790. The molecule has 19 heavy (non-hydrogen) atoms. The summed E-state index contributed by atoms with van der Waals surface area (Å²) in [6, 6.07) is 1.95. The standard InChI is InChI=1S/C13H23N5.HI/c1-14-13(16-9-6-12-4-5-12)15-7-2-10-18-11-3-8-17-18;/h3,8,11-12H,2,4-7,9-10H2,1H3,(H2,14,15,16);1H. The summed E-state index contributed by atoms with van der Waals surface area (Å²) in [5, 5.41) is 10.8. The first-order chi connectivity index (χ1) is 8.88. The molecule has 0 saturated heterocycles. The van der Waals surface area contributed by atoms with Gasteiger partial charge in [-0.1, -0.05) is 12.8 Å². The summed E-state index contributed by atoms with van der Waals surface area (Å²) in [6.07, 6.45) is 8.95. The summed E-state index contributed by atoms with van der Waals surface area (Å²) in [4.78, 5) is 4.21. The Balaban J connectivity index is 0.00000180. The van der Waals surface area contributed by atoms with E-state index in [2.05, 4.69) is 20.7 Å². The number of halogens is 1. The van der Waals surface area contributed by atoms with Gasteiger partial charge < -0.3 is 10.6 Å². The van der Waals surface area contributed by atoms with Crippen LogP contribution in [0.1, 0.15) is 25.7 Å². The lowest BCUT2D eigenvalue weighted by atomic mass is 10.3. The van der Waals surface area contributed by atoms with Gasteiger partial charge in [-0.2, -0.15) is 5.10 Å². The molecule has 0 amide bonds. The van der Waals surface area contributed by atoms with E-state index in [4.69, 9.17) is 0 Å². The maximum Gasteiger partial charge on any atom is 0.190 e. The highest BCUT2D eigenvalue weighted by atomic mass is 127. The predicted octanol–water partition coefficient (Wildman–Crippen LogP) is 1.86. The van der Waals surface area contributed by atoms with Crippen molar-refractivity contribution in [3.8, 4) is 0 Å². The third kappa shape index (κ3) is 6.79. The van der Waals surface area contributed by atoms with E-state index in [1.54, 1.807) is 0 Å². The van der Waals surface area contributed by atoms with Crippen molar-refractivity contribution < 1.29 is 0 Å². The molecule has 1 aromatic heterocycles. The van der Waals surface area contributed by atoms with Gasteiger partial charge in [0.1, 0.15) is 0 Å². The van der Waals surface area contributed by atoms with Crippen molar-refractivity contribution in [2.24, 2.45) is 10.9 Å². The van der Waals surface area contributed by atoms with Gasteiger partial charge in [0.15, 0.2) is 5.96 Å². The number of aromatic nitrogens is 2. The van der Waals surface area contributed by atoms with Gasteiger partial charge in [0.2, 0.25) is 0 Å². The van der Waals surface area contributed by atoms with Crippen LogP contribution in [0.2, 0.25) is 0 Å². The number of hydrogen-bond donors (Lipinski definition) is 2. The molecule has 1 aromatic rings. The van der Waals surface area contributed by atoms with Gasteiger partial charge in [-0.25, -0.2) is 0 Å². The van der Waals surface area contributed by atoms with Crippen molar-refractivity contribution in [1.29, 1.82) is 0 Å². The van der Waals surface area contributed by atoms with E-state index in [-0.39, 0.29) is 24.0 Å². The van der Waals surface area contributed by atoms with Crippen molar-refractivity contribution in [3.05, 3.63) is 18.5 Å². The van der Waals surface area contributed by atoms with Crippen LogP contribution in [-0.2, 0) is 6.54 Å². The number of aliphatic imine (C=N–C) groups is 1. The minimum absolute atomic E-state index is 0. The fraction of sp³-hybridized carbons (Fsp3) is 0.692. The molecule has 0 bridgehead atoms.